The van der Waals surface area contributed by atoms with Crippen LogP contribution in [-0.4, -0.2) is 88.7 Å². The summed E-state index contributed by atoms with van der Waals surface area (Å²) in [5.41, 5.74) is 0.238. The number of piperidine rings is 1. The highest BCUT2D eigenvalue weighted by Crippen LogP contribution is 2.28. The zero-order chi connectivity index (χ0) is 24.9. The van der Waals surface area contributed by atoms with E-state index in [1.807, 2.05) is 18.9 Å². The van der Waals surface area contributed by atoms with Gasteiger partial charge in [0.2, 0.25) is 5.91 Å². The lowest BCUT2D eigenvalue weighted by atomic mass is 9.90. The molecule has 0 bridgehead atoms. The van der Waals surface area contributed by atoms with Crippen LogP contribution < -0.4 is 4.74 Å². The largest absolute Gasteiger partial charge is 0.490 e. The first-order valence-electron chi connectivity index (χ1n) is 12.2. The summed E-state index contributed by atoms with van der Waals surface area (Å²) >= 11 is 6.33. The van der Waals surface area contributed by atoms with Crippen molar-refractivity contribution in [2.75, 3.05) is 46.3 Å². The second-order valence-corrected chi connectivity index (χ2v) is 9.79. The fraction of sp³-hybridized carbons (Fsp3) is 0.560. The Morgan fingerprint density at radius 3 is 2.51 bits per heavy atom. The molecule has 35 heavy (non-hydrogen) atoms. The fourth-order valence-electron chi connectivity index (χ4n) is 4.68. The molecule has 0 radical (unpaired) electrons. The van der Waals surface area contributed by atoms with E-state index in [2.05, 4.69) is 10.00 Å². The second-order valence-electron chi connectivity index (χ2n) is 9.39. The Bertz CT molecular complexity index is 1020. The SMILES string of the molecule is CCCn1cc(Cl)c(C(=O)N2CC[C@H](Oc3ccc(F)cc3)[C@@H](CC(=O)N3CCN(C)CC3)C2)n1. The number of benzene rings is 1. The molecule has 2 amide bonds. The van der Waals surface area contributed by atoms with Crippen molar-refractivity contribution in [1.29, 1.82) is 0 Å². The Balaban J connectivity index is 1.49. The van der Waals surface area contributed by atoms with E-state index in [-0.39, 0.29) is 41.8 Å². The van der Waals surface area contributed by atoms with Crippen LogP contribution in [0, 0.1) is 11.7 Å². The Morgan fingerprint density at radius 2 is 1.83 bits per heavy atom. The van der Waals surface area contributed by atoms with Gasteiger partial charge < -0.3 is 19.4 Å². The van der Waals surface area contributed by atoms with Gasteiger partial charge in [-0.25, -0.2) is 4.39 Å². The zero-order valence-corrected chi connectivity index (χ0v) is 21.1. The predicted octanol–water partition coefficient (Wildman–Crippen LogP) is 3.16. The topological polar surface area (TPSA) is 70.9 Å². The van der Waals surface area contributed by atoms with Crippen molar-refractivity contribution in [3.63, 3.8) is 0 Å². The van der Waals surface area contributed by atoms with Crippen LogP contribution in [0.3, 0.4) is 0 Å². The molecular weight excluding hydrogens is 473 g/mol. The first-order chi connectivity index (χ1) is 16.8. The summed E-state index contributed by atoms with van der Waals surface area (Å²) in [4.78, 5) is 32.3. The number of aromatic nitrogens is 2. The monoisotopic (exact) mass is 505 g/mol. The van der Waals surface area contributed by atoms with E-state index >= 15 is 0 Å². The summed E-state index contributed by atoms with van der Waals surface area (Å²) in [5.74, 6) is -0.160. The van der Waals surface area contributed by atoms with Crippen molar-refractivity contribution in [1.82, 2.24) is 24.5 Å². The normalized spacial score (nSPS) is 21.3. The zero-order valence-electron chi connectivity index (χ0n) is 20.3. The molecule has 8 nitrogen and oxygen atoms in total. The standard InChI is InChI=1S/C25H33ClFN5O3/c1-3-9-32-17-21(26)24(28-32)25(34)31-10-8-22(35-20-6-4-19(27)5-7-20)18(16-31)15-23(33)30-13-11-29(2)12-14-30/h4-7,17-18,22H,3,8-16H2,1-2H3/t18-,22-/m0/s1. The van der Waals surface area contributed by atoms with Crippen LogP contribution in [0.5, 0.6) is 5.75 Å². The number of nitrogens with zero attached hydrogens (tertiary/aromatic N) is 5. The van der Waals surface area contributed by atoms with Crippen molar-refractivity contribution < 1.29 is 18.7 Å². The van der Waals surface area contributed by atoms with Crippen LogP contribution in [0.25, 0.3) is 0 Å². The van der Waals surface area contributed by atoms with Gasteiger partial charge in [0.15, 0.2) is 5.69 Å². The predicted molar refractivity (Wildman–Crippen MR) is 131 cm³/mol. The number of hydrogen-bond acceptors (Lipinski definition) is 5. The summed E-state index contributed by atoms with van der Waals surface area (Å²) in [6, 6.07) is 5.89. The third-order valence-electron chi connectivity index (χ3n) is 6.72. The minimum atomic E-state index is -0.334. The molecule has 1 aromatic carbocycles. The average Bonchev–Trinajstić information content (AvgIpc) is 3.21. The maximum absolute atomic E-state index is 13.4. The molecule has 190 valence electrons. The van der Waals surface area contributed by atoms with Gasteiger partial charge in [-0.2, -0.15) is 5.10 Å². The van der Waals surface area contributed by atoms with Crippen LogP contribution in [0.15, 0.2) is 30.5 Å². The maximum atomic E-state index is 13.4. The molecule has 0 aliphatic carbocycles. The second kappa shape index (κ2) is 11.4. The van der Waals surface area contributed by atoms with E-state index in [1.54, 1.807) is 27.9 Å². The minimum Gasteiger partial charge on any atom is -0.490 e. The number of halogens is 2. The van der Waals surface area contributed by atoms with Crippen molar-refractivity contribution in [2.24, 2.45) is 5.92 Å². The Kier molecular flexibility index (Phi) is 8.28. The number of likely N-dealkylation sites (tertiary alicyclic amines) is 1. The number of rotatable bonds is 7. The Morgan fingerprint density at radius 1 is 1.11 bits per heavy atom. The molecule has 2 aromatic rings. The summed E-state index contributed by atoms with van der Waals surface area (Å²) in [7, 11) is 2.05. The van der Waals surface area contributed by atoms with E-state index in [1.165, 1.54) is 12.1 Å². The van der Waals surface area contributed by atoms with Gasteiger partial charge in [0, 0.05) is 70.8 Å². The van der Waals surface area contributed by atoms with Crippen LogP contribution in [-0.2, 0) is 11.3 Å². The van der Waals surface area contributed by atoms with E-state index in [9.17, 15) is 14.0 Å². The number of amides is 2. The number of hydrogen-bond donors (Lipinski definition) is 0. The van der Waals surface area contributed by atoms with E-state index < -0.39 is 0 Å². The molecule has 2 saturated heterocycles. The van der Waals surface area contributed by atoms with Gasteiger partial charge in [0.1, 0.15) is 17.7 Å². The molecule has 4 rings (SSSR count). The lowest BCUT2D eigenvalue weighted by Crippen LogP contribution is -2.51. The van der Waals surface area contributed by atoms with E-state index in [0.29, 0.717) is 49.9 Å². The van der Waals surface area contributed by atoms with Crippen molar-refractivity contribution >= 4 is 23.4 Å². The molecule has 2 fully saturated rings. The molecule has 1 aromatic heterocycles. The molecule has 2 aliphatic rings. The Hall–Kier alpha value is -2.65. The molecule has 0 unspecified atom stereocenters. The maximum Gasteiger partial charge on any atom is 0.275 e. The summed E-state index contributed by atoms with van der Waals surface area (Å²) in [6.07, 6.45) is 3.12. The van der Waals surface area contributed by atoms with Crippen LogP contribution in [0.2, 0.25) is 5.02 Å². The lowest BCUT2D eigenvalue weighted by Gasteiger charge is -2.39. The van der Waals surface area contributed by atoms with Gasteiger partial charge in [-0.3, -0.25) is 14.3 Å². The number of likely N-dealkylation sites (N-methyl/N-ethyl adjacent to an activating group) is 1. The van der Waals surface area contributed by atoms with Gasteiger partial charge in [-0.15, -0.1) is 0 Å². The van der Waals surface area contributed by atoms with Crippen LogP contribution in [0.4, 0.5) is 4.39 Å². The molecule has 3 heterocycles. The van der Waals surface area contributed by atoms with Gasteiger partial charge in [0.05, 0.1) is 5.02 Å². The fourth-order valence-corrected chi connectivity index (χ4v) is 4.91. The van der Waals surface area contributed by atoms with Crippen LogP contribution >= 0.6 is 11.6 Å². The van der Waals surface area contributed by atoms with E-state index in [4.69, 9.17) is 16.3 Å². The van der Waals surface area contributed by atoms with Gasteiger partial charge in [-0.05, 0) is 37.7 Å². The smallest absolute Gasteiger partial charge is 0.275 e. The third-order valence-corrected chi connectivity index (χ3v) is 6.99. The number of ether oxygens (including phenoxy) is 1. The molecule has 2 aliphatic heterocycles. The summed E-state index contributed by atoms with van der Waals surface area (Å²) in [5, 5.41) is 4.71. The number of carbonyl (C=O) groups excluding carboxylic acids is 2. The molecule has 10 heteroatoms. The quantitative estimate of drug-likeness (QED) is 0.578. The third kappa shape index (κ3) is 6.32. The molecule has 0 N–H and O–H groups in total. The van der Waals surface area contributed by atoms with E-state index in [0.717, 1.165) is 19.5 Å². The number of piperazine rings is 1. The van der Waals surface area contributed by atoms with Crippen molar-refractivity contribution in [3.8, 4) is 5.75 Å². The molecule has 0 saturated carbocycles. The average molecular weight is 506 g/mol. The van der Waals surface area contributed by atoms with Gasteiger partial charge in [-0.1, -0.05) is 18.5 Å². The highest BCUT2D eigenvalue weighted by molar-refractivity contribution is 6.33. The first kappa shape index (κ1) is 25.4. The van der Waals surface area contributed by atoms with Crippen molar-refractivity contribution in [2.45, 2.75) is 38.8 Å². The number of carbonyl (C=O) groups is 2. The highest BCUT2D eigenvalue weighted by atomic mass is 35.5. The highest BCUT2D eigenvalue weighted by Gasteiger charge is 2.37. The van der Waals surface area contributed by atoms with Crippen molar-refractivity contribution in [3.05, 3.63) is 47.0 Å². The van der Waals surface area contributed by atoms with Gasteiger partial charge in [0.25, 0.3) is 5.91 Å². The molecule has 0 spiro atoms. The molecule has 2 atom stereocenters. The minimum absolute atomic E-state index is 0.0651. The lowest BCUT2D eigenvalue weighted by molar-refractivity contribution is -0.135. The summed E-state index contributed by atoms with van der Waals surface area (Å²) < 4.78 is 21.2. The molecular formula is C25H33ClFN5O3. The number of aryl methyl sites for hydroxylation is 1. The first-order valence-corrected chi connectivity index (χ1v) is 12.6. The van der Waals surface area contributed by atoms with Crippen LogP contribution in [0.1, 0.15) is 36.7 Å². The van der Waals surface area contributed by atoms with Gasteiger partial charge >= 0.3 is 0 Å². The summed E-state index contributed by atoms with van der Waals surface area (Å²) in [6.45, 7) is 6.61. The Labute approximate surface area is 210 Å².